The molecule has 0 aliphatic rings. The van der Waals surface area contributed by atoms with Crippen molar-refractivity contribution >= 4 is 27.6 Å². The number of hydrogen-bond acceptors (Lipinski definition) is 3. The van der Waals surface area contributed by atoms with Gasteiger partial charge in [0.05, 0.1) is 0 Å². The fraction of sp³-hybridized carbons (Fsp3) is 0.0714. The number of halogens is 1. The minimum absolute atomic E-state index is 0.0411. The van der Waals surface area contributed by atoms with Crippen LogP contribution in [0.15, 0.2) is 40.9 Å². The van der Waals surface area contributed by atoms with Gasteiger partial charge in [-0.05, 0) is 42.8 Å². The Bertz CT molecular complexity index is 641. The highest BCUT2D eigenvalue weighted by atomic mass is 79.9. The highest BCUT2D eigenvalue weighted by molar-refractivity contribution is 9.10. The minimum atomic E-state index is -1.07. The van der Waals surface area contributed by atoms with Gasteiger partial charge in [-0.15, -0.1) is 0 Å². The summed E-state index contributed by atoms with van der Waals surface area (Å²) in [7, 11) is 0. The van der Waals surface area contributed by atoms with E-state index >= 15 is 0 Å². The molecule has 2 aromatic rings. The van der Waals surface area contributed by atoms with E-state index in [2.05, 4.69) is 15.9 Å². The molecule has 0 spiro atoms. The zero-order valence-electron chi connectivity index (χ0n) is 10.2. The lowest BCUT2D eigenvalue weighted by Gasteiger charge is -2.11. The van der Waals surface area contributed by atoms with E-state index < -0.39 is 5.97 Å². The van der Waals surface area contributed by atoms with E-state index in [9.17, 15) is 4.79 Å². The van der Waals surface area contributed by atoms with E-state index in [0.717, 1.165) is 10.0 Å². The number of hydrogen-bond donors (Lipinski definition) is 2. The quantitative estimate of drug-likeness (QED) is 0.843. The molecule has 0 unspecified atom stereocenters. The van der Waals surface area contributed by atoms with Gasteiger partial charge < -0.3 is 15.6 Å². The van der Waals surface area contributed by atoms with Crippen molar-refractivity contribution in [3.8, 4) is 11.5 Å². The second-order valence-electron chi connectivity index (χ2n) is 4.07. The van der Waals surface area contributed by atoms with Crippen molar-refractivity contribution in [3.05, 3.63) is 52.0 Å². The number of carbonyl (C=O) groups is 1. The third-order valence-corrected chi connectivity index (χ3v) is 3.10. The van der Waals surface area contributed by atoms with Gasteiger partial charge in [-0.25, -0.2) is 4.79 Å². The Labute approximate surface area is 118 Å². The SMILES string of the molecule is Cc1ccc(Br)cc1Oc1ccc(N)cc1C(=O)O. The van der Waals surface area contributed by atoms with Crippen LogP contribution in [0.25, 0.3) is 0 Å². The molecule has 19 heavy (non-hydrogen) atoms. The summed E-state index contributed by atoms with van der Waals surface area (Å²) in [5.41, 5.74) is 6.93. The van der Waals surface area contributed by atoms with Crippen LogP contribution >= 0.6 is 15.9 Å². The van der Waals surface area contributed by atoms with Crippen LogP contribution < -0.4 is 10.5 Å². The summed E-state index contributed by atoms with van der Waals surface area (Å²) in [5, 5.41) is 9.15. The highest BCUT2D eigenvalue weighted by Gasteiger charge is 2.13. The van der Waals surface area contributed by atoms with E-state index in [1.54, 1.807) is 18.2 Å². The Morgan fingerprint density at radius 2 is 1.95 bits per heavy atom. The first-order chi connectivity index (χ1) is 8.97. The van der Waals surface area contributed by atoms with Gasteiger partial charge in [0, 0.05) is 10.2 Å². The van der Waals surface area contributed by atoms with Crippen LogP contribution in [0.5, 0.6) is 11.5 Å². The molecule has 5 heteroatoms. The van der Waals surface area contributed by atoms with Crippen LogP contribution in [0.1, 0.15) is 15.9 Å². The number of ether oxygens (including phenoxy) is 1. The second kappa shape index (κ2) is 5.32. The standard InChI is InChI=1S/C14H12BrNO3/c1-8-2-3-9(15)6-13(8)19-12-5-4-10(16)7-11(12)14(17)18/h2-7H,16H2,1H3,(H,17,18). The number of anilines is 1. The average Bonchev–Trinajstić information content (AvgIpc) is 2.35. The van der Waals surface area contributed by atoms with E-state index in [0.29, 0.717) is 11.4 Å². The van der Waals surface area contributed by atoms with Gasteiger partial charge in [-0.2, -0.15) is 0 Å². The van der Waals surface area contributed by atoms with Crippen molar-refractivity contribution < 1.29 is 14.6 Å². The summed E-state index contributed by atoms with van der Waals surface area (Å²) in [6.07, 6.45) is 0. The number of nitrogens with two attached hydrogens (primary N) is 1. The summed E-state index contributed by atoms with van der Waals surface area (Å²) < 4.78 is 6.53. The molecule has 0 radical (unpaired) electrons. The smallest absolute Gasteiger partial charge is 0.339 e. The number of carboxylic acid groups (broad SMARTS) is 1. The number of rotatable bonds is 3. The Morgan fingerprint density at radius 3 is 2.63 bits per heavy atom. The molecule has 2 rings (SSSR count). The second-order valence-corrected chi connectivity index (χ2v) is 4.99. The normalized spacial score (nSPS) is 10.2. The van der Waals surface area contributed by atoms with Gasteiger partial charge in [-0.3, -0.25) is 0 Å². The van der Waals surface area contributed by atoms with Gasteiger partial charge in [0.2, 0.25) is 0 Å². The molecule has 0 aliphatic heterocycles. The molecule has 0 aromatic heterocycles. The lowest BCUT2D eigenvalue weighted by molar-refractivity contribution is 0.0694. The molecule has 4 nitrogen and oxygen atoms in total. The maximum atomic E-state index is 11.2. The summed E-state index contributed by atoms with van der Waals surface area (Å²) >= 11 is 3.35. The first-order valence-corrected chi connectivity index (χ1v) is 6.33. The van der Waals surface area contributed by atoms with Gasteiger partial charge in [0.1, 0.15) is 17.1 Å². The largest absolute Gasteiger partial charge is 0.478 e. The molecule has 98 valence electrons. The summed E-state index contributed by atoms with van der Waals surface area (Å²) in [6, 6.07) is 10.1. The lowest BCUT2D eigenvalue weighted by Crippen LogP contribution is -2.02. The van der Waals surface area contributed by atoms with Crippen molar-refractivity contribution in [3.63, 3.8) is 0 Å². The van der Waals surface area contributed by atoms with E-state index in [4.69, 9.17) is 15.6 Å². The number of aryl methyl sites for hydroxylation is 1. The van der Waals surface area contributed by atoms with Crippen LogP contribution in [0.4, 0.5) is 5.69 Å². The fourth-order valence-corrected chi connectivity index (χ4v) is 1.95. The Balaban J connectivity index is 2.43. The van der Waals surface area contributed by atoms with Crippen molar-refractivity contribution in [1.29, 1.82) is 0 Å². The zero-order chi connectivity index (χ0) is 14.0. The minimum Gasteiger partial charge on any atom is -0.478 e. The van der Waals surface area contributed by atoms with E-state index in [1.165, 1.54) is 6.07 Å². The number of benzene rings is 2. The van der Waals surface area contributed by atoms with Crippen molar-refractivity contribution in [2.45, 2.75) is 6.92 Å². The Morgan fingerprint density at radius 1 is 1.21 bits per heavy atom. The highest BCUT2D eigenvalue weighted by Crippen LogP contribution is 2.31. The van der Waals surface area contributed by atoms with Crippen LogP contribution in [-0.4, -0.2) is 11.1 Å². The molecule has 3 N–H and O–H groups in total. The topological polar surface area (TPSA) is 72.5 Å². The molecule has 0 bridgehead atoms. The molecular formula is C14H12BrNO3. The maximum Gasteiger partial charge on any atom is 0.339 e. The Hall–Kier alpha value is -2.01. The molecule has 0 saturated carbocycles. The van der Waals surface area contributed by atoms with Crippen molar-refractivity contribution in [2.24, 2.45) is 0 Å². The lowest BCUT2D eigenvalue weighted by atomic mass is 10.1. The Kier molecular flexibility index (Phi) is 3.76. The van der Waals surface area contributed by atoms with E-state index in [1.807, 2.05) is 19.1 Å². The summed E-state index contributed by atoms with van der Waals surface area (Å²) in [5.74, 6) is -0.209. The van der Waals surface area contributed by atoms with E-state index in [-0.39, 0.29) is 11.3 Å². The molecule has 0 fully saturated rings. The predicted octanol–water partition coefficient (Wildman–Crippen LogP) is 3.83. The molecule has 0 atom stereocenters. The number of carboxylic acids is 1. The first kappa shape index (κ1) is 13.4. The molecular weight excluding hydrogens is 310 g/mol. The molecule has 0 saturated heterocycles. The van der Waals surface area contributed by atoms with Gasteiger partial charge in [0.25, 0.3) is 0 Å². The fourth-order valence-electron chi connectivity index (χ4n) is 1.61. The predicted molar refractivity (Wildman–Crippen MR) is 76.8 cm³/mol. The summed E-state index contributed by atoms with van der Waals surface area (Å²) in [4.78, 5) is 11.2. The van der Waals surface area contributed by atoms with Gasteiger partial charge >= 0.3 is 5.97 Å². The number of aromatic carboxylic acids is 1. The van der Waals surface area contributed by atoms with Crippen molar-refractivity contribution in [1.82, 2.24) is 0 Å². The summed E-state index contributed by atoms with van der Waals surface area (Å²) in [6.45, 7) is 1.89. The zero-order valence-corrected chi connectivity index (χ0v) is 11.8. The number of nitrogen functional groups attached to an aromatic ring is 1. The monoisotopic (exact) mass is 321 g/mol. The van der Waals surface area contributed by atoms with Crippen molar-refractivity contribution in [2.75, 3.05) is 5.73 Å². The molecule has 0 heterocycles. The average molecular weight is 322 g/mol. The third kappa shape index (κ3) is 3.06. The van der Waals surface area contributed by atoms with Crippen LogP contribution in [0, 0.1) is 6.92 Å². The van der Waals surface area contributed by atoms with Crippen LogP contribution in [-0.2, 0) is 0 Å². The molecule has 0 amide bonds. The van der Waals surface area contributed by atoms with Gasteiger partial charge in [-0.1, -0.05) is 22.0 Å². The van der Waals surface area contributed by atoms with Crippen LogP contribution in [0.3, 0.4) is 0 Å². The maximum absolute atomic E-state index is 11.2. The molecule has 0 aliphatic carbocycles. The van der Waals surface area contributed by atoms with Gasteiger partial charge in [0.15, 0.2) is 0 Å². The molecule has 2 aromatic carbocycles. The third-order valence-electron chi connectivity index (χ3n) is 2.60. The first-order valence-electron chi connectivity index (χ1n) is 5.54. The van der Waals surface area contributed by atoms with Crippen LogP contribution in [0.2, 0.25) is 0 Å².